The summed E-state index contributed by atoms with van der Waals surface area (Å²) in [4.78, 5) is 29.4. The summed E-state index contributed by atoms with van der Waals surface area (Å²) in [5.41, 5.74) is 4.59. The molecule has 134 valence electrons. The van der Waals surface area contributed by atoms with Gasteiger partial charge in [-0.1, -0.05) is 21.6 Å². The van der Waals surface area contributed by atoms with Crippen molar-refractivity contribution >= 4 is 44.8 Å². The predicted octanol–water partition coefficient (Wildman–Crippen LogP) is 4.30. The summed E-state index contributed by atoms with van der Waals surface area (Å²) in [5.74, 6) is 0.215. The molecular weight excluding hydrogens is 364 g/mol. The summed E-state index contributed by atoms with van der Waals surface area (Å²) in [5, 5.41) is 0. The van der Waals surface area contributed by atoms with E-state index < -0.39 is 0 Å². The SMILES string of the molecule is CC(=O)N1CCc2cc(SSc3ccc4c(c3)CCN4C(C)=O)ccc21. The number of anilines is 2. The number of fused-ring (bicyclic) bond motifs is 2. The zero-order valence-electron chi connectivity index (χ0n) is 14.8. The van der Waals surface area contributed by atoms with Gasteiger partial charge in [0.25, 0.3) is 0 Å². The van der Waals surface area contributed by atoms with Crippen molar-refractivity contribution in [3.05, 3.63) is 47.5 Å². The van der Waals surface area contributed by atoms with Crippen LogP contribution in [0.2, 0.25) is 0 Å². The van der Waals surface area contributed by atoms with Gasteiger partial charge in [-0.05, 0) is 60.4 Å². The minimum atomic E-state index is 0.108. The molecular formula is C20H20N2O2S2. The first-order valence-electron chi connectivity index (χ1n) is 8.69. The molecule has 0 N–H and O–H groups in total. The Morgan fingerprint density at radius 1 is 0.769 bits per heavy atom. The van der Waals surface area contributed by atoms with Crippen LogP contribution < -0.4 is 9.80 Å². The molecule has 26 heavy (non-hydrogen) atoms. The van der Waals surface area contributed by atoms with Gasteiger partial charge in [-0.15, -0.1) is 0 Å². The summed E-state index contributed by atoms with van der Waals surface area (Å²) in [6.07, 6.45) is 1.85. The Bertz CT molecular complexity index is 824. The highest BCUT2D eigenvalue weighted by Crippen LogP contribution is 2.42. The first kappa shape index (κ1) is 17.5. The zero-order chi connectivity index (χ0) is 18.3. The van der Waals surface area contributed by atoms with Gasteiger partial charge in [0.2, 0.25) is 11.8 Å². The van der Waals surface area contributed by atoms with Crippen LogP contribution >= 0.6 is 21.6 Å². The molecule has 4 nitrogen and oxygen atoms in total. The van der Waals surface area contributed by atoms with Crippen molar-refractivity contribution in [2.45, 2.75) is 36.5 Å². The average molecular weight is 385 g/mol. The van der Waals surface area contributed by atoms with Gasteiger partial charge < -0.3 is 9.80 Å². The van der Waals surface area contributed by atoms with E-state index >= 15 is 0 Å². The fraction of sp³-hybridized carbons (Fsp3) is 0.300. The summed E-state index contributed by atoms with van der Waals surface area (Å²) >= 11 is 0. The third kappa shape index (κ3) is 3.23. The lowest BCUT2D eigenvalue weighted by molar-refractivity contribution is -0.117. The summed E-state index contributed by atoms with van der Waals surface area (Å²) in [6.45, 7) is 4.80. The summed E-state index contributed by atoms with van der Waals surface area (Å²) in [7, 11) is 3.47. The molecule has 0 atom stereocenters. The molecule has 0 aliphatic carbocycles. The Kier molecular flexibility index (Phi) is 4.71. The van der Waals surface area contributed by atoms with Crippen molar-refractivity contribution in [2.75, 3.05) is 22.9 Å². The number of nitrogens with zero attached hydrogens (tertiary/aromatic N) is 2. The molecule has 0 fully saturated rings. The second kappa shape index (κ2) is 7.00. The van der Waals surface area contributed by atoms with Crippen LogP contribution in [-0.2, 0) is 22.4 Å². The van der Waals surface area contributed by atoms with Gasteiger partial charge in [0.1, 0.15) is 0 Å². The minimum absolute atomic E-state index is 0.108. The molecule has 2 amide bonds. The summed E-state index contributed by atoms with van der Waals surface area (Å²) < 4.78 is 0. The van der Waals surface area contributed by atoms with Crippen LogP contribution in [0.4, 0.5) is 11.4 Å². The normalized spacial score (nSPS) is 15.2. The molecule has 2 aliphatic rings. The van der Waals surface area contributed by atoms with Gasteiger partial charge in [-0.3, -0.25) is 9.59 Å². The van der Waals surface area contributed by atoms with Crippen molar-refractivity contribution in [1.29, 1.82) is 0 Å². The largest absolute Gasteiger partial charge is 0.312 e. The van der Waals surface area contributed by atoms with E-state index in [1.165, 1.54) is 20.9 Å². The highest BCUT2D eigenvalue weighted by Gasteiger charge is 2.23. The Morgan fingerprint density at radius 3 is 1.58 bits per heavy atom. The third-order valence-electron chi connectivity index (χ3n) is 4.89. The Hall–Kier alpha value is -1.92. The monoisotopic (exact) mass is 384 g/mol. The maximum absolute atomic E-state index is 11.7. The molecule has 0 unspecified atom stereocenters. The number of benzene rings is 2. The molecule has 2 aromatic rings. The zero-order valence-corrected chi connectivity index (χ0v) is 16.5. The molecule has 0 aromatic heterocycles. The fourth-order valence-corrected chi connectivity index (χ4v) is 5.63. The highest BCUT2D eigenvalue weighted by molar-refractivity contribution is 8.76. The molecule has 2 aliphatic heterocycles. The number of amides is 2. The first-order chi connectivity index (χ1) is 12.5. The van der Waals surface area contributed by atoms with Crippen LogP contribution in [0.15, 0.2) is 46.2 Å². The molecule has 0 saturated heterocycles. The number of hydrogen-bond acceptors (Lipinski definition) is 4. The molecule has 0 radical (unpaired) electrons. The number of rotatable bonds is 3. The van der Waals surface area contributed by atoms with Crippen LogP contribution in [0.25, 0.3) is 0 Å². The smallest absolute Gasteiger partial charge is 0.223 e. The van der Waals surface area contributed by atoms with Crippen LogP contribution in [0.5, 0.6) is 0 Å². The van der Waals surface area contributed by atoms with Crippen LogP contribution in [-0.4, -0.2) is 24.9 Å². The third-order valence-corrected chi connectivity index (χ3v) is 7.27. The average Bonchev–Trinajstić information content (AvgIpc) is 3.23. The molecule has 4 rings (SSSR count). The van der Waals surface area contributed by atoms with Gasteiger partial charge in [-0.2, -0.15) is 0 Å². The van der Waals surface area contributed by atoms with E-state index in [1.807, 2.05) is 9.80 Å². The van der Waals surface area contributed by atoms with Gasteiger partial charge >= 0.3 is 0 Å². The van der Waals surface area contributed by atoms with Crippen LogP contribution in [0.3, 0.4) is 0 Å². The topological polar surface area (TPSA) is 40.6 Å². The number of carbonyl (C=O) groups excluding carboxylic acids is 2. The molecule has 2 aromatic carbocycles. The van der Waals surface area contributed by atoms with Gasteiger partial charge in [-0.25, -0.2) is 0 Å². The second-order valence-electron chi connectivity index (χ2n) is 6.59. The summed E-state index contributed by atoms with van der Waals surface area (Å²) in [6, 6.07) is 12.7. The van der Waals surface area contributed by atoms with Crippen LogP contribution in [0, 0.1) is 0 Å². The predicted molar refractivity (Wildman–Crippen MR) is 108 cm³/mol. The van der Waals surface area contributed by atoms with E-state index in [4.69, 9.17) is 0 Å². The van der Waals surface area contributed by atoms with Crippen molar-refractivity contribution < 1.29 is 9.59 Å². The van der Waals surface area contributed by atoms with Gasteiger partial charge in [0, 0.05) is 48.1 Å². The van der Waals surface area contributed by atoms with Crippen molar-refractivity contribution in [3.8, 4) is 0 Å². The number of carbonyl (C=O) groups is 2. The highest BCUT2D eigenvalue weighted by atomic mass is 33.1. The molecule has 2 heterocycles. The lowest BCUT2D eigenvalue weighted by atomic mass is 10.2. The van der Waals surface area contributed by atoms with Crippen molar-refractivity contribution in [2.24, 2.45) is 0 Å². The van der Waals surface area contributed by atoms with E-state index in [1.54, 1.807) is 35.4 Å². The van der Waals surface area contributed by atoms with Crippen LogP contribution in [0.1, 0.15) is 25.0 Å². The van der Waals surface area contributed by atoms with Crippen molar-refractivity contribution in [1.82, 2.24) is 0 Å². The Balaban J connectivity index is 1.46. The Labute approximate surface area is 161 Å². The van der Waals surface area contributed by atoms with E-state index in [0.717, 1.165) is 37.3 Å². The maximum atomic E-state index is 11.7. The maximum Gasteiger partial charge on any atom is 0.223 e. The van der Waals surface area contributed by atoms with E-state index in [-0.39, 0.29) is 11.8 Å². The first-order valence-corrected chi connectivity index (χ1v) is 10.8. The van der Waals surface area contributed by atoms with Crippen molar-refractivity contribution in [3.63, 3.8) is 0 Å². The lowest BCUT2D eigenvalue weighted by Gasteiger charge is -2.15. The second-order valence-corrected chi connectivity index (χ2v) is 8.87. The number of hydrogen-bond donors (Lipinski definition) is 0. The lowest BCUT2D eigenvalue weighted by Crippen LogP contribution is -2.25. The van der Waals surface area contributed by atoms with Gasteiger partial charge in [0.15, 0.2) is 0 Å². The minimum Gasteiger partial charge on any atom is -0.312 e. The molecule has 0 bridgehead atoms. The van der Waals surface area contributed by atoms with E-state index in [2.05, 4.69) is 36.4 Å². The Morgan fingerprint density at radius 2 is 1.19 bits per heavy atom. The fourth-order valence-electron chi connectivity index (χ4n) is 3.61. The standard InChI is InChI=1S/C20H20N2O2S2/c1-13(23)21-9-7-15-11-17(3-5-19(15)21)25-26-18-4-6-20-16(12-18)8-10-22(20)14(2)24/h3-6,11-12H,7-10H2,1-2H3. The molecule has 6 heteroatoms. The molecule has 0 saturated carbocycles. The molecule has 0 spiro atoms. The van der Waals surface area contributed by atoms with E-state index in [0.29, 0.717) is 0 Å². The quantitative estimate of drug-likeness (QED) is 0.740. The van der Waals surface area contributed by atoms with Gasteiger partial charge in [0.05, 0.1) is 0 Å². The van der Waals surface area contributed by atoms with E-state index in [9.17, 15) is 9.59 Å².